The Morgan fingerprint density at radius 2 is 1.65 bits per heavy atom. The molecule has 156 valence electrons. The lowest BCUT2D eigenvalue weighted by Gasteiger charge is -2.07. The topological polar surface area (TPSA) is 29.0 Å². The first-order chi connectivity index (χ1) is 15.2. The number of benzene rings is 3. The molecule has 31 heavy (non-hydrogen) atoms. The van der Waals surface area contributed by atoms with E-state index in [2.05, 4.69) is 82.5 Å². The number of hydrogen-bond acceptors (Lipinski definition) is 2. The molecule has 0 atom stereocenters. The molecule has 0 saturated carbocycles. The Balaban J connectivity index is 1.42. The van der Waals surface area contributed by atoms with Gasteiger partial charge in [-0.05, 0) is 66.4 Å². The molecule has 1 heterocycles. The lowest BCUT2D eigenvalue weighted by Crippen LogP contribution is -2.12. The molecular formula is C27H26FN3. The van der Waals surface area contributed by atoms with Crippen molar-refractivity contribution >= 4 is 16.6 Å². The van der Waals surface area contributed by atoms with E-state index in [1.54, 1.807) is 12.1 Å². The molecule has 0 aliphatic carbocycles. The number of fused-ring (bicyclic) bond motifs is 1. The minimum absolute atomic E-state index is 0.237. The summed E-state index contributed by atoms with van der Waals surface area (Å²) >= 11 is 0. The summed E-state index contributed by atoms with van der Waals surface area (Å²) in [6.07, 6.45) is 0. The zero-order chi connectivity index (χ0) is 21.5. The first-order valence-corrected chi connectivity index (χ1v) is 10.6. The molecule has 4 heteroatoms. The average Bonchev–Trinajstić information content (AvgIpc) is 3.15. The summed E-state index contributed by atoms with van der Waals surface area (Å²) in [4.78, 5) is 0. The summed E-state index contributed by atoms with van der Waals surface area (Å²) in [6, 6.07) is 25.5. The van der Waals surface area contributed by atoms with E-state index in [1.165, 1.54) is 34.2 Å². The first kappa shape index (κ1) is 20.7. The third kappa shape index (κ3) is 5.33. The molecule has 3 nitrogen and oxygen atoms in total. The monoisotopic (exact) mass is 411 g/mol. The Kier molecular flexibility index (Phi) is 6.66. The van der Waals surface area contributed by atoms with E-state index in [1.807, 2.05) is 6.07 Å². The number of hydrogen-bond donors (Lipinski definition) is 2. The zero-order valence-corrected chi connectivity index (χ0v) is 17.7. The Morgan fingerprint density at radius 1 is 0.871 bits per heavy atom. The molecule has 0 saturated heterocycles. The van der Waals surface area contributed by atoms with Gasteiger partial charge in [-0.25, -0.2) is 4.39 Å². The largest absolute Gasteiger partial charge is 0.374 e. The van der Waals surface area contributed by atoms with Crippen LogP contribution in [0.15, 0.2) is 78.9 Å². The minimum Gasteiger partial charge on any atom is -0.374 e. The number of nitrogens with zero attached hydrogens (tertiary/aromatic N) is 1. The van der Waals surface area contributed by atoms with Gasteiger partial charge in [-0.2, -0.15) is 0 Å². The van der Waals surface area contributed by atoms with E-state index in [-0.39, 0.29) is 5.82 Å². The van der Waals surface area contributed by atoms with Crippen molar-refractivity contribution in [1.29, 1.82) is 0 Å². The van der Waals surface area contributed by atoms with Gasteiger partial charge in [0.05, 0.1) is 12.2 Å². The maximum Gasteiger partial charge on any atom is 0.123 e. The summed E-state index contributed by atoms with van der Waals surface area (Å²) in [5.74, 6) is 6.22. The van der Waals surface area contributed by atoms with Crippen molar-refractivity contribution in [2.45, 2.75) is 26.6 Å². The van der Waals surface area contributed by atoms with Crippen molar-refractivity contribution in [3.05, 3.63) is 102 Å². The number of nitrogens with one attached hydrogen (secondary N) is 2. The minimum atomic E-state index is -0.237. The van der Waals surface area contributed by atoms with Crippen molar-refractivity contribution in [1.82, 2.24) is 9.88 Å². The smallest absolute Gasteiger partial charge is 0.123 e. The number of halogens is 1. The van der Waals surface area contributed by atoms with Crippen LogP contribution in [0, 0.1) is 17.7 Å². The second-order valence-corrected chi connectivity index (χ2v) is 7.42. The lowest BCUT2D eigenvalue weighted by atomic mass is 10.1. The number of anilines is 1. The predicted octanol–water partition coefficient (Wildman–Crippen LogP) is 5.55. The van der Waals surface area contributed by atoms with Crippen LogP contribution in [-0.4, -0.2) is 11.1 Å². The van der Waals surface area contributed by atoms with Gasteiger partial charge in [0.15, 0.2) is 0 Å². The Morgan fingerprint density at radius 3 is 2.42 bits per heavy atom. The summed E-state index contributed by atoms with van der Waals surface area (Å²) in [5.41, 5.74) is 5.61. The van der Waals surface area contributed by atoms with Crippen molar-refractivity contribution < 1.29 is 4.39 Å². The van der Waals surface area contributed by atoms with Crippen molar-refractivity contribution in [2.75, 3.05) is 11.9 Å². The summed E-state index contributed by atoms with van der Waals surface area (Å²) in [7, 11) is 0. The van der Waals surface area contributed by atoms with Gasteiger partial charge < -0.3 is 15.2 Å². The number of rotatable bonds is 7. The van der Waals surface area contributed by atoms with Crippen molar-refractivity contribution in [3.63, 3.8) is 0 Å². The van der Waals surface area contributed by atoms with Crippen LogP contribution in [0.5, 0.6) is 0 Å². The molecule has 1 aromatic heterocycles. The normalized spacial score (nSPS) is 10.6. The van der Waals surface area contributed by atoms with Crippen LogP contribution in [0.2, 0.25) is 0 Å². The quantitative estimate of drug-likeness (QED) is 0.390. The van der Waals surface area contributed by atoms with Gasteiger partial charge in [-0.3, -0.25) is 0 Å². The lowest BCUT2D eigenvalue weighted by molar-refractivity contribution is 0.628. The number of aromatic nitrogens is 1. The van der Waals surface area contributed by atoms with Crippen LogP contribution in [0.1, 0.15) is 23.7 Å². The second-order valence-electron chi connectivity index (χ2n) is 7.42. The standard InChI is InChI=1S/C27H26FN3/c1-2-31-26(9-6-16-30-25-13-11-24(28)12-14-25)18-23-17-22(10-15-27(23)31)20-29-19-21-7-4-3-5-8-21/h3-5,7-8,10-15,17-18,29-30H,2,16,19-20H2,1H3. The SMILES string of the molecule is CCn1c(C#CCNc2ccc(F)cc2)cc2cc(CNCc3ccccc3)ccc21. The van der Waals surface area contributed by atoms with E-state index >= 15 is 0 Å². The molecule has 3 aromatic carbocycles. The molecule has 4 aromatic rings. The highest BCUT2D eigenvalue weighted by Gasteiger charge is 2.06. The fourth-order valence-corrected chi connectivity index (χ4v) is 3.67. The van der Waals surface area contributed by atoms with E-state index < -0.39 is 0 Å². The van der Waals surface area contributed by atoms with Gasteiger partial charge in [0.1, 0.15) is 5.82 Å². The van der Waals surface area contributed by atoms with Crippen LogP contribution in [0.3, 0.4) is 0 Å². The van der Waals surface area contributed by atoms with Crippen LogP contribution < -0.4 is 10.6 Å². The Hall–Kier alpha value is -3.55. The van der Waals surface area contributed by atoms with Crippen LogP contribution in [0.25, 0.3) is 10.9 Å². The summed E-state index contributed by atoms with van der Waals surface area (Å²) < 4.78 is 15.2. The third-order valence-electron chi connectivity index (χ3n) is 5.22. The molecule has 0 spiro atoms. The molecule has 0 unspecified atom stereocenters. The fraction of sp³-hybridized carbons (Fsp3) is 0.185. The molecule has 0 aliphatic heterocycles. The van der Waals surface area contributed by atoms with Crippen molar-refractivity contribution in [2.24, 2.45) is 0 Å². The average molecular weight is 412 g/mol. The van der Waals surface area contributed by atoms with Crippen molar-refractivity contribution in [3.8, 4) is 11.8 Å². The maximum absolute atomic E-state index is 13.0. The molecule has 0 fully saturated rings. The second kappa shape index (κ2) is 9.97. The zero-order valence-electron chi connectivity index (χ0n) is 17.7. The molecule has 0 radical (unpaired) electrons. The van der Waals surface area contributed by atoms with E-state index in [0.29, 0.717) is 6.54 Å². The highest BCUT2D eigenvalue weighted by molar-refractivity contribution is 5.83. The van der Waals surface area contributed by atoms with Gasteiger partial charge >= 0.3 is 0 Å². The van der Waals surface area contributed by atoms with Crippen LogP contribution in [0.4, 0.5) is 10.1 Å². The molecular weight excluding hydrogens is 385 g/mol. The fourth-order valence-electron chi connectivity index (χ4n) is 3.67. The molecule has 0 amide bonds. The summed E-state index contributed by atoms with van der Waals surface area (Å²) in [6.45, 7) is 5.18. The Labute approximate surface area is 182 Å². The van der Waals surface area contributed by atoms with E-state index in [4.69, 9.17) is 0 Å². The number of aryl methyl sites for hydroxylation is 1. The molecule has 2 N–H and O–H groups in total. The van der Waals surface area contributed by atoms with Crippen LogP contribution in [-0.2, 0) is 19.6 Å². The van der Waals surface area contributed by atoms with Gasteiger partial charge in [0.25, 0.3) is 0 Å². The van der Waals surface area contributed by atoms with Gasteiger partial charge in [0, 0.05) is 36.2 Å². The highest BCUT2D eigenvalue weighted by Crippen LogP contribution is 2.21. The van der Waals surface area contributed by atoms with Gasteiger partial charge in [-0.15, -0.1) is 0 Å². The molecule has 0 aliphatic rings. The Bertz CT molecular complexity index is 1200. The third-order valence-corrected chi connectivity index (χ3v) is 5.22. The van der Waals surface area contributed by atoms with Crippen LogP contribution >= 0.6 is 0 Å². The maximum atomic E-state index is 13.0. The van der Waals surface area contributed by atoms with Gasteiger partial charge in [0.2, 0.25) is 0 Å². The van der Waals surface area contributed by atoms with E-state index in [0.717, 1.165) is 31.0 Å². The van der Waals surface area contributed by atoms with E-state index in [9.17, 15) is 4.39 Å². The summed E-state index contributed by atoms with van der Waals surface area (Å²) in [5, 5.41) is 7.92. The molecule has 0 bridgehead atoms. The molecule has 4 rings (SSSR count). The first-order valence-electron chi connectivity index (χ1n) is 10.6. The highest BCUT2D eigenvalue weighted by atomic mass is 19.1. The van der Waals surface area contributed by atoms with Gasteiger partial charge in [-0.1, -0.05) is 42.3 Å². The predicted molar refractivity (Wildman–Crippen MR) is 126 cm³/mol.